The highest BCUT2D eigenvalue weighted by atomic mass is 35.5. The molecule has 1 amide bonds. The smallest absolute Gasteiger partial charge is 0.251 e. The van der Waals surface area contributed by atoms with Gasteiger partial charge in [-0.3, -0.25) is 4.79 Å². The molecule has 0 fully saturated rings. The Hall–Kier alpha value is -2.27. The second-order valence-electron chi connectivity index (χ2n) is 4.51. The van der Waals surface area contributed by atoms with Gasteiger partial charge in [-0.05, 0) is 29.8 Å². The number of benzene rings is 2. The maximum atomic E-state index is 13.1. The second-order valence-corrected chi connectivity index (χ2v) is 4.91. The van der Waals surface area contributed by atoms with Crippen LogP contribution in [0.1, 0.15) is 15.9 Å². The number of hydrogen-bond acceptors (Lipinski definition) is 3. The molecule has 0 saturated carbocycles. The number of methoxy groups -OCH3 is 2. The van der Waals surface area contributed by atoms with E-state index in [2.05, 4.69) is 5.32 Å². The third-order valence-corrected chi connectivity index (χ3v) is 3.32. The summed E-state index contributed by atoms with van der Waals surface area (Å²) in [5, 5.41) is 2.97. The molecule has 0 bridgehead atoms. The van der Waals surface area contributed by atoms with Gasteiger partial charge in [-0.25, -0.2) is 4.39 Å². The van der Waals surface area contributed by atoms with Crippen LogP contribution in [0.15, 0.2) is 36.4 Å². The van der Waals surface area contributed by atoms with Crippen molar-refractivity contribution in [2.24, 2.45) is 0 Å². The van der Waals surface area contributed by atoms with E-state index in [-0.39, 0.29) is 23.3 Å². The number of nitrogens with one attached hydrogen (secondary N) is 1. The number of carbonyl (C=O) groups is 1. The van der Waals surface area contributed by atoms with E-state index in [0.717, 1.165) is 0 Å². The summed E-state index contributed by atoms with van der Waals surface area (Å²) in [4.78, 5) is 12.2. The molecule has 116 valence electrons. The Kier molecular flexibility index (Phi) is 5.22. The van der Waals surface area contributed by atoms with E-state index in [1.165, 1.54) is 38.5 Å². The first kappa shape index (κ1) is 16.1. The van der Waals surface area contributed by atoms with Crippen LogP contribution in [0.5, 0.6) is 11.5 Å². The van der Waals surface area contributed by atoms with Crippen LogP contribution in [0.25, 0.3) is 0 Å². The Bertz CT molecular complexity index is 691. The maximum Gasteiger partial charge on any atom is 0.251 e. The van der Waals surface area contributed by atoms with Crippen molar-refractivity contribution in [1.29, 1.82) is 0 Å². The van der Waals surface area contributed by atoms with E-state index in [9.17, 15) is 9.18 Å². The van der Waals surface area contributed by atoms with Crippen molar-refractivity contribution in [1.82, 2.24) is 5.32 Å². The Morgan fingerprint density at radius 2 is 2.00 bits per heavy atom. The van der Waals surface area contributed by atoms with Gasteiger partial charge in [0.15, 0.2) is 11.5 Å². The second kappa shape index (κ2) is 7.13. The molecular formula is C16H15ClFNO3. The van der Waals surface area contributed by atoms with Crippen LogP contribution in [0.4, 0.5) is 4.39 Å². The fraction of sp³-hybridized carbons (Fsp3) is 0.188. The molecule has 0 aromatic heterocycles. The molecule has 0 heterocycles. The Morgan fingerprint density at radius 3 is 2.64 bits per heavy atom. The zero-order valence-corrected chi connectivity index (χ0v) is 12.9. The summed E-state index contributed by atoms with van der Waals surface area (Å²) in [6.07, 6.45) is 0. The molecule has 0 aliphatic rings. The van der Waals surface area contributed by atoms with Crippen LogP contribution in [0, 0.1) is 5.82 Å². The summed E-state index contributed by atoms with van der Waals surface area (Å²) >= 11 is 6.06. The van der Waals surface area contributed by atoms with E-state index in [4.69, 9.17) is 21.1 Å². The van der Waals surface area contributed by atoms with Crippen LogP contribution in [-0.4, -0.2) is 20.1 Å². The Morgan fingerprint density at radius 1 is 1.23 bits per heavy atom. The average Bonchev–Trinajstić information content (AvgIpc) is 2.51. The molecule has 0 unspecified atom stereocenters. The minimum atomic E-state index is -0.346. The molecule has 2 aromatic rings. The van der Waals surface area contributed by atoms with Crippen molar-refractivity contribution < 1.29 is 18.7 Å². The predicted octanol–water partition coefficient (Wildman–Crippen LogP) is 3.43. The topological polar surface area (TPSA) is 47.6 Å². The van der Waals surface area contributed by atoms with Crippen LogP contribution in [0.2, 0.25) is 5.02 Å². The molecule has 0 atom stereocenters. The summed E-state index contributed by atoms with van der Waals surface area (Å²) in [7, 11) is 2.93. The lowest BCUT2D eigenvalue weighted by Crippen LogP contribution is -2.23. The van der Waals surface area contributed by atoms with Gasteiger partial charge in [0.25, 0.3) is 5.91 Å². The molecule has 0 radical (unpaired) electrons. The van der Waals surface area contributed by atoms with Crippen molar-refractivity contribution in [3.8, 4) is 11.5 Å². The van der Waals surface area contributed by atoms with Crippen molar-refractivity contribution in [3.05, 3.63) is 58.4 Å². The van der Waals surface area contributed by atoms with Crippen molar-refractivity contribution in [2.45, 2.75) is 6.54 Å². The lowest BCUT2D eigenvalue weighted by molar-refractivity contribution is 0.0950. The lowest BCUT2D eigenvalue weighted by Gasteiger charge is -2.12. The normalized spacial score (nSPS) is 10.2. The summed E-state index contributed by atoms with van der Waals surface area (Å²) in [5.41, 5.74) is 0.999. The van der Waals surface area contributed by atoms with Crippen LogP contribution in [0.3, 0.4) is 0 Å². The van der Waals surface area contributed by atoms with E-state index < -0.39 is 0 Å². The van der Waals surface area contributed by atoms with Gasteiger partial charge in [-0.15, -0.1) is 0 Å². The zero-order chi connectivity index (χ0) is 16.1. The SMILES string of the molecule is COc1cc(C(=O)NCc2cccc(F)c2)cc(Cl)c1OC. The molecule has 4 nitrogen and oxygen atoms in total. The standard InChI is InChI=1S/C16H15ClFNO3/c1-21-14-8-11(7-13(17)15(14)22-2)16(20)19-9-10-4-3-5-12(18)6-10/h3-8H,9H2,1-2H3,(H,19,20). The van der Waals surface area contributed by atoms with Crippen molar-refractivity contribution in [3.63, 3.8) is 0 Å². The molecule has 1 N–H and O–H groups in total. The van der Waals surface area contributed by atoms with Gasteiger partial charge in [0.05, 0.1) is 19.2 Å². The molecule has 0 aliphatic heterocycles. The first-order chi connectivity index (χ1) is 10.5. The van der Waals surface area contributed by atoms with Gasteiger partial charge in [0.2, 0.25) is 0 Å². The summed E-state index contributed by atoms with van der Waals surface area (Å²) in [6, 6.07) is 9.05. The van der Waals surface area contributed by atoms with Gasteiger partial charge in [-0.1, -0.05) is 23.7 Å². The number of halogens is 2. The van der Waals surface area contributed by atoms with Gasteiger partial charge in [-0.2, -0.15) is 0 Å². The molecule has 0 aliphatic carbocycles. The van der Waals surface area contributed by atoms with Gasteiger partial charge in [0.1, 0.15) is 5.82 Å². The number of rotatable bonds is 5. The van der Waals surface area contributed by atoms with Gasteiger partial charge in [0, 0.05) is 12.1 Å². The third kappa shape index (κ3) is 3.68. The molecule has 0 spiro atoms. The number of hydrogen-bond donors (Lipinski definition) is 1. The number of carbonyl (C=O) groups excluding carboxylic acids is 1. The van der Waals surface area contributed by atoms with E-state index in [1.807, 2.05) is 0 Å². The third-order valence-electron chi connectivity index (χ3n) is 3.04. The van der Waals surface area contributed by atoms with Crippen molar-refractivity contribution >= 4 is 17.5 Å². The number of amides is 1. The van der Waals surface area contributed by atoms with Crippen LogP contribution < -0.4 is 14.8 Å². The van der Waals surface area contributed by atoms with Crippen LogP contribution >= 0.6 is 11.6 Å². The van der Waals surface area contributed by atoms with Crippen molar-refractivity contribution in [2.75, 3.05) is 14.2 Å². The fourth-order valence-corrected chi connectivity index (χ4v) is 2.27. The van der Waals surface area contributed by atoms with Crippen LogP contribution in [-0.2, 0) is 6.54 Å². The highest BCUT2D eigenvalue weighted by molar-refractivity contribution is 6.32. The minimum Gasteiger partial charge on any atom is -0.493 e. The predicted molar refractivity (Wildman–Crippen MR) is 82.1 cm³/mol. The number of ether oxygens (including phenoxy) is 2. The highest BCUT2D eigenvalue weighted by Crippen LogP contribution is 2.35. The maximum absolute atomic E-state index is 13.1. The summed E-state index contributed by atoms with van der Waals surface area (Å²) < 4.78 is 23.4. The van der Waals surface area contributed by atoms with Gasteiger partial charge >= 0.3 is 0 Å². The zero-order valence-electron chi connectivity index (χ0n) is 12.2. The summed E-state index contributed by atoms with van der Waals surface area (Å²) in [5.74, 6) is 0.0461. The van der Waals surface area contributed by atoms with E-state index >= 15 is 0 Å². The largest absolute Gasteiger partial charge is 0.493 e. The minimum absolute atomic E-state index is 0.211. The molecule has 2 aromatic carbocycles. The highest BCUT2D eigenvalue weighted by Gasteiger charge is 2.15. The first-order valence-corrected chi connectivity index (χ1v) is 6.87. The fourth-order valence-electron chi connectivity index (χ4n) is 1.98. The molecular weight excluding hydrogens is 309 g/mol. The molecule has 2 rings (SSSR count). The average molecular weight is 324 g/mol. The molecule has 22 heavy (non-hydrogen) atoms. The molecule has 0 saturated heterocycles. The summed E-state index contributed by atoms with van der Waals surface area (Å²) in [6.45, 7) is 0.211. The first-order valence-electron chi connectivity index (χ1n) is 6.49. The molecule has 6 heteroatoms. The Balaban J connectivity index is 2.14. The lowest BCUT2D eigenvalue weighted by atomic mass is 10.1. The van der Waals surface area contributed by atoms with Gasteiger partial charge < -0.3 is 14.8 Å². The Labute approximate surface area is 132 Å². The van der Waals surface area contributed by atoms with E-state index in [0.29, 0.717) is 22.6 Å². The van der Waals surface area contributed by atoms with E-state index in [1.54, 1.807) is 12.1 Å². The monoisotopic (exact) mass is 323 g/mol. The quantitative estimate of drug-likeness (QED) is 0.917.